The van der Waals surface area contributed by atoms with Crippen molar-refractivity contribution in [2.24, 2.45) is 0 Å². The van der Waals surface area contributed by atoms with Gasteiger partial charge in [-0.25, -0.2) is 0 Å². The number of hydrogen-bond donors (Lipinski definition) is 2. The fourth-order valence-electron chi connectivity index (χ4n) is 2.24. The summed E-state index contributed by atoms with van der Waals surface area (Å²) in [6.45, 7) is 0. The van der Waals surface area contributed by atoms with Gasteiger partial charge in [-0.15, -0.1) is 0 Å². The first-order valence-electron chi connectivity index (χ1n) is 6.26. The molecule has 2 unspecified atom stereocenters. The number of nitrogens with zero attached hydrogens (tertiary/aromatic N) is 1. The summed E-state index contributed by atoms with van der Waals surface area (Å²) in [6.07, 6.45) is 7.56. The molecule has 1 aliphatic rings. The first-order valence-corrected chi connectivity index (χ1v) is 7.05. The maximum absolute atomic E-state index is 12.0. The number of carbonyl (C=O) groups excluding carboxylic acids is 1. The standard InChI is InChI=1S/C13H17BrN2O2/c14-10-6-9(7-15-8-10)13(18)16-11-4-2-1-3-5-12(11)17/h6-8,11-12,17H,1-5H2,(H,16,18). The summed E-state index contributed by atoms with van der Waals surface area (Å²) in [5, 5.41) is 12.9. The number of aliphatic hydroxyl groups excluding tert-OH is 1. The lowest BCUT2D eigenvalue weighted by atomic mass is 10.1. The van der Waals surface area contributed by atoms with Crippen molar-refractivity contribution < 1.29 is 9.90 Å². The summed E-state index contributed by atoms with van der Waals surface area (Å²) in [7, 11) is 0. The van der Waals surface area contributed by atoms with Crippen LogP contribution in [0.4, 0.5) is 0 Å². The van der Waals surface area contributed by atoms with E-state index in [0.717, 1.165) is 36.6 Å². The molecule has 0 aliphatic heterocycles. The lowest BCUT2D eigenvalue weighted by Crippen LogP contribution is -2.42. The van der Waals surface area contributed by atoms with Crippen molar-refractivity contribution in [2.75, 3.05) is 0 Å². The highest BCUT2D eigenvalue weighted by molar-refractivity contribution is 9.10. The highest BCUT2D eigenvalue weighted by Crippen LogP contribution is 2.18. The molecule has 0 radical (unpaired) electrons. The lowest BCUT2D eigenvalue weighted by Gasteiger charge is -2.21. The van der Waals surface area contributed by atoms with Crippen molar-refractivity contribution in [1.29, 1.82) is 0 Å². The quantitative estimate of drug-likeness (QED) is 0.823. The van der Waals surface area contributed by atoms with Crippen LogP contribution >= 0.6 is 15.9 Å². The number of nitrogens with one attached hydrogen (secondary N) is 1. The molecule has 1 heterocycles. The van der Waals surface area contributed by atoms with E-state index in [2.05, 4.69) is 26.2 Å². The number of aromatic nitrogens is 1. The minimum atomic E-state index is -0.434. The average molecular weight is 313 g/mol. The van der Waals surface area contributed by atoms with Gasteiger partial charge in [0, 0.05) is 16.9 Å². The van der Waals surface area contributed by atoms with Gasteiger partial charge in [0.15, 0.2) is 0 Å². The summed E-state index contributed by atoms with van der Waals surface area (Å²) < 4.78 is 0.775. The van der Waals surface area contributed by atoms with Gasteiger partial charge in [0.1, 0.15) is 0 Å². The lowest BCUT2D eigenvalue weighted by molar-refractivity contribution is 0.0818. The van der Waals surface area contributed by atoms with Crippen molar-refractivity contribution in [3.8, 4) is 0 Å². The van der Waals surface area contributed by atoms with Crippen LogP contribution in [0, 0.1) is 0 Å². The summed E-state index contributed by atoms with van der Waals surface area (Å²) in [5.41, 5.74) is 0.515. The third kappa shape index (κ3) is 3.53. The maximum Gasteiger partial charge on any atom is 0.253 e. The smallest absolute Gasteiger partial charge is 0.253 e. The van der Waals surface area contributed by atoms with Crippen molar-refractivity contribution in [2.45, 2.75) is 44.2 Å². The Morgan fingerprint density at radius 2 is 2.11 bits per heavy atom. The Kier molecular flexibility index (Phi) is 4.72. The van der Waals surface area contributed by atoms with E-state index < -0.39 is 6.10 Å². The Morgan fingerprint density at radius 3 is 2.89 bits per heavy atom. The second-order valence-corrected chi connectivity index (χ2v) is 5.59. The highest BCUT2D eigenvalue weighted by Gasteiger charge is 2.23. The molecule has 1 saturated carbocycles. The van der Waals surface area contributed by atoms with Crippen LogP contribution in [-0.4, -0.2) is 28.1 Å². The SMILES string of the molecule is O=C(NC1CCCCCC1O)c1cncc(Br)c1. The predicted molar refractivity (Wildman–Crippen MR) is 72.3 cm³/mol. The molecule has 4 nitrogen and oxygen atoms in total. The maximum atomic E-state index is 12.0. The average Bonchev–Trinajstić information content (AvgIpc) is 2.55. The minimum absolute atomic E-state index is 0.140. The summed E-state index contributed by atoms with van der Waals surface area (Å²) in [5.74, 6) is -0.172. The topological polar surface area (TPSA) is 62.2 Å². The third-order valence-electron chi connectivity index (χ3n) is 3.26. The number of hydrogen-bond acceptors (Lipinski definition) is 3. The minimum Gasteiger partial charge on any atom is -0.391 e. The van der Waals surface area contributed by atoms with Gasteiger partial charge in [-0.3, -0.25) is 9.78 Å². The van der Waals surface area contributed by atoms with Crippen LogP contribution in [0.1, 0.15) is 42.5 Å². The zero-order valence-electron chi connectivity index (χ0n) is 10.1. The molecule has 1 aromatic rings. The van der Waals surface area contributed by atoms with Crippen LogP contribution in [-0.2, 0) is 0 Å². The van der Waals surface area contributed by atoms with Crippen LogP contribution in [0.15, 0.2) is 22.9 Å². The van der Waals surface area contributed by atoms with Gasteiger partial charge in [-0.2, -0.15) is 0 Å². The molecule has 0 bridgehead atoms. The number of halogens is 1. The van der Waals surface area contributed by atoms with Gasteiger partial charge in [-0.1, -0.05) is 19.3 Å². The van der Waals surface area contributed by atoms with Crippen molar-refractivity contribution in [3.63, 3.8) is 0 Å². The molecule has 1 aromatic heterocycles. The molecule has 5 heteroatoms. The van der Waals surface area contributed by atoms with Crippen molar-refractivity contribution >= 4 is 21.8 Å². The van der Waals surface area contributed by atoms with Crippen LogP contribution in [0.2, 0.25) is 0 Å². The summed E-state index contributed by atoms with van der Waals surface area (Å²) >= 11 is 3.29. The molecule has 0 spiro atoms. The van der Waals surface area contributed by atoms with Gasteiger partial charge >= 0.3 is 0 Å². The molecule has 0 saturated heterocycles. The van der Waals surface area contributed by atoms with E-state index in [1.165, 1.54) is 6.20 Å². The van der Waals surface area contributed by atoms with E-state index in [9.17, 15) is 9.90 Å². The second-order valence-electron chi connectivity index (χ2n) is 4.68. The molecule has 2 N–H and O–H groups in total. The molecule has 1 fully saturated rings. The Labute approximate surface area is 115 Å². The van der Waals surface area contributed by atoms with Gasteiger partial charge in [0.05, 0.1) is 17.7 Å². The van der Waals surface area contributed by atoms with Crippen LogP contribution in [0.3, 0.4) is 0 Å². The van der Waals surface area contributed by atoms with Gasteiger partial charge in [0.25, 0.3) is 5.91 Å². The largest absolute Gasteiger partial charge is 0.391 e. The predicted octanol–water partition coefficient (Wildman–Crippen LogP) is 2.27. The number of amides is 1. The van der Waals surface area contributed by atoms with E-state index >= 15 is 0 Å². The van der Waals surface area contributed by atoms with E-state index in [1.54, 1.807) is 12.3 Å². The second kappa shape index (κ2) is 6.29. The Hall–Kier alpha value is -0.940. The first kappa shape index (κ1) is 13.5. The molecule has 98 valence electrons. The van der Waals surface area contributed by atoms with E-state index in [1.807, 2.05) is 0 Å². The van der Waals surface area contributed by atoms with E-state index in [0.29, 0.717) is 5.56 Å². The summed E-state index contributed by atoms with van der Waals surface area (Å²) in [6, 6.07) is 1.59. The van der Waals surface area contributed by atoms with Gasteiger partial charge in [-0.05, 0) is 34.8 Å². The normalized spacial score (nSPS) is 24.3. The molecule has 2 rings (SSSR count). The third-order valence-corrected chi connectivity index (χ3v) is 3.70. The zero-order valence-corrected chi connectivity index (χ0v) is 11.7. The molecule has 1 amide bonds. The number of pyridine rings is 1. The van der Waals surface area contributed by atoms with Gasteiger partial charge in [0.2, 0.25) is 0 Å². The Balaban J connectivity index is 2.01. The summed E-state index contributed by atoms with van der Waals surface area (Å²) in [4.78, 5) is 16.0. The van der Waals surface area contributed by atoms with E-state index in [4.69, 9.17) is 0 Å². The fraction of sp³-hybridized carbons (Fsp3) is 0.538. The highest BCUT2D eigenvalue weighted by atomic mass is 79.9. The zero-order chi connectivity index (χ0) is 13.0. The Bertz CT molecular complexity index is 425. The van der Waals surface area contributed by atoms with Crippen LogP contribution in [0.25, 0.3) is 0 Å². The van der Waals surface area contributed by atoms with E-state index in [-0.39, 0.29) is 11.9 Å². The molecular formula is C13H17BrN2O2. The fourth-order valence-corrected chi connectivity index (χ4v) is 2.61. The molecule has 18 heavy (non-hydrogen) atoms. The molecule has 2 atom stereocenters. The monoisotopic (exact) mass is 312 g/mol. The Morgan fingerprint density at radius 1 is 1.33 bits per heavy atom. The number of rotatable bonds is 2. The molecular weight excluding hydrogens is 296 g/mol. The van der Waals surface area contributed by atoms with Crippen molar-refractivity contribution in [3.05, 3.63) is 28.5 Å². The number of aliphatic hydroxyl groups is 1. The molecule has 1 aliphatic carbocycles. The van der Waals surface area contributed by atoms with Crippen LogP contribution in [0.5, 0.6) is 0 Å². The number of carbonyl (C=O) groups is 1. The van der Waals surface area contributed by atoms with Gasteiger partial charge < -0.3 is 10.4 Å². The molecule has 0 aromatic carbocycles. The first-order chi connectivity index (χ1) is 8.66. The van der Waals surface area contributed by atoms with Crippen LogP contribution < -0.4 is 5.32 Å². The van der Waals surface area contributed by atoms with Crippen molar-refractivity contribution in [1.82, 2.24) is 10.3 Å².